The molecule has 1 N–H and O–H groups in total. The monoisotopic (exact) mass is 553 g/mol. The number of hydrogen-bond acceptors (Lipinski definition) is 7. The van der Waals surface area contributed by atoms with Crippen LogP contribution in [0.5, 0.6) is 0 Å². The van der Waals surface area contributed by atoms with Crippen molar-refractivity contribution in [2.24, 2.45) is 5.16 Å². The number of nitrogens with one attached hydrogen (secondary N) is 1. The van der Waals surface area contributed by atoms with E-state index in [2.05, 4.69) is 31.0 Å². The summed E-state index contributed by atoms with van der Waals surface area (Å²) in [6.07, 6.45) is 5.65. The molecular formula is C31H31N5O3S. The molecule has 1 fully saturated rings. The summed E-state index contributed by atoms with van der Waals surface area (Å²) in [7, 11) is 0. The van der Waals surface area contributed by atoms with E-state index in [1.54, 1.807) is 18.0 Å². The molecule has 6 rings (SSSR count). The van der Waals surface area contributed by atoms with Crippen molar-refractivity contribution >= 4 is 29.1 Å². The van der Waals surface area contributed by atoms with Crippen LogP contribution in [0.2, 0.25) is 0 Å². The number of ether oxygens (including phenoxy) is 1. The van der Waals surface area contributed by atoms with Crippen LogP contribution in [0.25, 0.3) is 0 Å². The Hall–Kier alpha value is -3.92. The Morgan fingerprint density at radius 1 is 1.05 bits per heavy atom. The average molecular weight is 554 g/mol. The van der Waals surface area contributed by atoms with E-state index in [0.717, 1.165) is 66.7 Å². The summed E-state index contributed by atoms with van der Waals surface area (Å²) in [6.45, 7) is 4.63. The second kappa shape index (κ2) is 12.5. The van der Waals surface area contributed by atoms with Crippen LogP contribution in [0, 0.1) is 0 Å². The SMILES string of the molecule is O=C(Nc1cccc(/C(=N/OCCN2CCOCC2)c2ccccc2)c1)c1ccn2c1CSC2c1cccnc1. The number of fused-ring (bicyclic) bond motifs is 1. The summed E-state index contributed by atoms with van der Waals surface area (Å²) >= 11 is 1.80. The maximum absolute atomic E-state index is 13.4. The number of hydrogen-bond donors (Lipinski definition) is 1. The zero-order valence-corrected chi connectivity index (χ0v) is 22.9. The number of rotatable bonds is 9. The summed E-state index contributed by atoms with van der Waals surface area (Å²) in [5, 5.41) is 7.76. The molecule has 0 bridgehead atoms. The molecule has 204 valence electrons. The quantitative estimate of drug-likeness (QED) is 0.178. The highest BCUT2D eigenvalue weighted by Gasteiger charge is 2.28. The average Bonchev–Trinajstić information content (AvgIpc) is 3.62. The lowest BCUT2D eigenvalue weighted by molar-refractivity contribution is 0.0212. The largest absolute Gasteiger partial charge is 0.394 e. The molecule has 0 radical (unpaired) electrons. The van der Waals surface area contributed by atoms with Crippen LogP contribution in [-0.2, 0) is 15.3 Å². The standard InChI is InChI=1S/C31H31N5O3S/c37-30(27-11-13-36-28(27)22-40-31(36)25-9-5-12-32-21-25)33-26-10-4-8-24(20-26)29(23-6-2-1-3-7-23)34-39-19-16-35-14-17-38-18-15-35/h1-13,20-21,31H,14-19,22H2,(H,33,37)/b34-29+. The number of anilines is 1. The fourth-order valence-corrected chi connectivity index (χ4v) is 6.30. The highest BCUT2D eigenvalue weighted by Crippen LogP contribution is 2.42. The molecular weight excluding hydrogens is 522 g/mol. The van der Waals surface area contributed by atoms with E-state index in [1.807, 2.05) is 79.1 Å². The third-order valence-corrected chi connectivity index (χ3v) is 8.32. The van der Waals surface area contributed by atoms with Gasteiger partial charge in [-0.25, -0.2) is 0 Å². The Kier molecular flexibility index (Phi) is 8.23. The van der Waals surface area contributed by atoms with Crippen molar-refractivity contribution in [2.75, 3.05) is 44.8 Å². The van der Waals surface area contributed by atoms with E-state index in [9.17, 15) is 4.79 Å². The van der Waals surface area contributed by atoms with E-state index in [4.69, 9.17) is 9.57 Å². The van der Waals surface area contributed by atoms with Gasteiger partial charge in [-0.05, 0) is 24.3 Å². The predicted molar refractivity (Wildman–Crippen MR) is 158 cm³/mol. The summed E-state index contributed by atoms with van der Waals surface area (Å²) < 4.78 is 7.59. The fourth-order valence-electron chi connectivity index (χ4n) is 4.99. The molecule has 1 unspecified atom stereocenters. The summed E-state index contributed by atoms with van der Waals surface area (Å²) in [6, 6.07) is 23.6. The molecule has 0 aliphatic carbocycles. The molecule has 8 nitrogen and oxygen atoms in total. The predicted octanol–water partition coefficient (Wildman–Crippen LogP) is 5.03. The summed E-state index contributed by atoms with van der Waals surface area (Å²) in [4.78, 5) is 25.7. The van der Waals surface area contributed by atoms with Gasteiger partial charge >= 0.3 is 0 Å². The normalized spacial score (nSPS) is 17.4. The highest BCUT2D eigenvalue weighted by atomic mass is 32.2. The summed E-state index contributed by atoms with van der Waals surface area (Å²) in [5.41, 5.74) is 6.07. The Balaban J connectivity index is 1.18. The molecule has 0 saturated carbocycles. The van der Waals surface area contributed by atoms with E-state index >= 15 is 0 Å². The molecule has 2 aromatic heterocycles. The van der Waals surface area contributed by atoms with Gasteiger partial charge in [0.25, 0.3) is 5.91 Å². The lowest BCUT2D eigenvalue weighted by atomic mass is 10.0. The minimum atomic E-state index is -0.127. The van der Waals surface area contributed by atoms with Crippen LogP contribution in [0.1, 0.15) is 38.1 Å². The van der Waals surface area contributed by atoms with Crippen LogP contribution in [-0.4, -0.2) is 65.5 Å². The Morgan fingerprint density at radius 2 is 1.90 bits per heavy atom. The van der Waals surface area contributed by atoms with Gasteiger partial charge in [-0.15, -0.1) is 11.8 Å². The molecule has 40 heavy (non-hydrogen) atoms. The zero-order valence-electron chi connectivity index (χ0n) is 22.1. The van der Waals surface area contributed by atoms with Crippen molar-refractivity contribution in [2.45, 2.75) is 11.1 Å². The Morgan fingerprint density at radius 3 is 2.73 bits per heavy atom. The van der Waals surface area contributed by atoms with Crippen LogP contribution >= 0.6 is 11.8 Å². The first-order valence-electron chi connectivity index (χ1n) is 13.4. The van der Waals surface area contributed by atoms with Crippen LogP contribution in [0.15, 0.2) is 96.5 Å². The number of amides is 1. The molecule has 2 aromatic carbocycles. The van der Waals surface area contributed by atoms with Crippen molar-refractivity contribution in [1.29, 1.82) is 0 Å². The van der Waals surface area contributed by atoms with E-state index in [1.165, 1.54) is 0 Å². The van der Waals surface area contributed by atoms with Crippen LogP contribution in [0.3, 0.4) is 0 Å². The van der Waals surface area contributed by atoms with Gasteiger partial charge in [0.2, 0.25) is 0 Å². The molecule has 0 spiro atoms. The maximum atomic E-state index is 13.4. The van der Waals surface area contributed by atoms with Crippen LogP contribution in [0.4, 0.5) is 5.69 Å². The minimum Gasteiger partial charge on any atom is -0.394 e. The molecule has 4 aromatic rings. The molecule has 2 aliphatic rings. The number of pyridine rings is 1. The third-order valence-electron chi connectivity index (χ3n) is 7.07. The number of nitrogens with zero attached hydrogens (tertiary/aromatic N) is 4. The van der Waals surface area contributed by atoms with E-state index in [0.29, 0.717) is 17.9 Å². The van der Waals surface area contributed by atoms with Gasteiger partial charge in [-0.2, -0.15) is 0 Å². The number of aromatic nitrogens is 2. The zero-order chi connectivity index (χ0) is 27.1. The van der Waals surface area contributed by atoms with E-state index in [-0.39, 0.29) is 11.3 Å². The third kappa shape index (κ3) is 5.96. The van der Waals surface area contributed by atoms with Gasteiger partial charge in [0.1, 0.15) is 17.7 Å². The topological polar surface area (TPSA) is 81.0 Å². The van der Waals surface area contributed by atoms with Crippen molar-refractivity contribution in [3.8, 4) is 0 Å². The number of oxime groups is 1. The number of carbonyl (C=O) groups excluding carboxylic acids is 1. The van der Waals surface area contributed by atoms with Gasteiger partial charge < -0.3 is 19.5 Å². The van der Waals surface area contributed by atoms with Crippen molar-refractivity contribution < 1.29 is 14.4 Å². The number of thioether (sulfide) groups is 1. The van der Waals surface area contributed by atoms with Gasteiger partial charge in [0.05, 0.1) is 18.8 Å². The fraction of sp³-hybridized carbons (Fsp3) is 0.258. The molecule has 1 saturated heterocycles. The van der Waals surface area contributed by atoms with E-state index < -0.39 is 0 Å². The Labute approximate surface area is 238 Å². The van der Waals surface area contributed by atoms with Gasteiger partial charge in [-0.3, -0.25) is 14.7 Å². The Bertz CT molecular complexity index is 1470. The highest BCUT2D eigenvalue weighted by molar-refractivity contribution is 7.99. The first-order chi connectivity index (χ1) is 19.8. The number of morpholine rings is 1. The van der Waals surface area contributed by atoms with Gasteiger partial charge in [-0.1, -0.05) is 53.7 Å². The number of benzene rings is 2. The van der Waals surface area contributed by atoms with Gasteiger partial charge in [0.15, 0.2) is 0 Å². The molecule has 2 aliphatic heterocycles. The van der Waals surface area contributed by atoms with Gasteiger partial charge in [0, 0.05) is 72.0 Å². The second-order valence-corrected chi connectivity index (χ2v) is 10.7. The van der Waals surface area contributed by atoms with Crippen molar-refractivity contribution in [3.05, 3.63) is 119 Å². The lowest BCUT2D eigenvalue weighted by Crippen LogP contribution is -2.38. The molecule has 4 heterocycles. The maximum Gasteiger partial charge on any atom is 0.257 e. The minimum absolute atomic E-state index is 0.126. The molecule has 1 amide bonds. The lowest BCUT2D eigenvalue weighted by Gasteiger charge is -2.25. The summed E-state index contributed by atoms with van der Waals surface area (Å²) in [5.74, 6) is 0.639. The molecule has 1 atom stereocenters. The molecule has 9 heteroatoms. The second-order valence-electron chi connectivity index (χ2n) is 9.66. The number of carbonyl (C=O) groups is 1. The van der Waals surface area contributed by atoms with Crippen molar-refractivity contribution in [3.63, 3.8) is 0 Å². The van der Waals surface area contributed by atoms with Crippen molar-refractivity contribution in [1.82, 2.24) is 14.5 Å². The first-order valence-corrected chi connectivity index (χ1v) is 14.5. The van der Waals surface area contributed by atoms with Crippen LogP contribution < -0.4 is 5.32 Å². The first kappa shape index (κ1) is 26.3. The smallest absolute Gasteiger partial charge is 0.257 e.